The second-order valence-corrected chi connectivity index (χ2v) is 10.3. The molecule has 1 amide bonds. The Kier molecular flexibility index (Phi) is 6.01. The summed E-state index contributed by atoms with van der Waals surface area (Å²) in [7, 11) is 1.82. The molecule has 0 aliphatic carbocycles. The number of rotatable bonds is 4. The number of ether oxygens (including phenoxy) is 1. The van der Waals surface area contributed by atoms with Crippen molar-refractivity contribution in [3.8, 4) is 11.1 Å². The van der Waals surface area contributed by atoms with Crippen LogP contribution in [0.15, 0.2) is 18.3 Å². The minimum Gasteiger partial charge on any atom is -0.381 e. The van der Waals surface area contributed by atoms with E-state index in [0.717, 1.165) is 65.3 Å². The molecule has 0 unspecified atom stereocenters. The van der Waals surface area contributed by atoms with Crippen molar-refractivity contribution < 1.29 is 18.3 Å². The van der Waals surface area contributed by atoms with Crippen LogP contribution < -0.4 is 4.90 Å². The zero-order valence-electron chi connectivity index (χ0n) is 21.5. The fourth-order valence-electron chi connectivity index (χ4n) is 6.00. The van der Waals surface area contributed by atoms with Crippen LogP contribution in [0.2, 0.25) is 0 Å². The number of aryl methyl sites for hydroxylation is 1. The van der Waals surface area contributed by atoms with Crippen LogP contribution in [0.1, 0.15) is 60.3 Å². The standard InChI is InChI=1S/C27H32F2N6O2/c1-16-22(14-30-32(16)3)20-12-18-4-9-34(25(18)13-21(20)26(28)29)27-23-15-33(17(2)36)8-5-24(23)35(31-27)19-6-10-37-11-7-19/h12-14,19,26H,4-11,15H2,1-3H3. The Bertz CT molecular complexity index is 1360. The molecule has 3 aliphatic heterocycles. The second-order valence-electron chi connectivity index (χ2n) is 10.3. The molecule has 0 spiro atoms. The number of carbonyl (C=O) groups excluding carboxylic acids is 1. The van der Waals surface area contributed by atoms with Gasteiger partial charge < -0.3 is 14.5 Å². The highest BCUT2D eigenvalue weighted by Crippen LogP contribution is 2.44. The first-order chi connectivity index (χ1) is 17.8. The van der Waals surface area contributed by atoms with Gasteiger partial charge in [0.1, 0.15) is 0 Å². The monoisotopic (exact) mass is 510 g/mol. The van der Waals surface area contributed by atoms with E-state index >= 15 is 0 Å². The Hall–Kier alpha value is -3.27. The van der Waals surface area contributed by atoms with Gasteiger partial charge in [-0.25, -0.2) is 8.78 Å². The predicted octanol–water partition coefficient (Wildman–Crippen LogP) is 4.48. The lowest BCUT2D eigenvalue weighted by molar-refractivity contribution is -0.129. The molecule has 5 heterocycles. The van der Waals surface area contributed by atoms with Crippen molar-refractivity contribution in [1.29, 1.82) is 0 Å². The van der Waals surface area contributed by atoms with Crippen LogP contribution in [-0.4, -0.2) is 56.7 Å². The average molecular weight is 511 g/mol. The number of anilines is 2. The third kappa shape index (κ3) is 4.02. The molecule has 8 nitrogen and oxygen atoms in total. The summed E-state index contributed by atoms with van der Waals surface area (Å²) in [6.07, 6.45) is 2.30. The first kappa shape index (κ1) is 24.1. The van der Waals surface area contributed by atoms with Crippen molar-refractivity contribution in [2.75, 3.05) is 31.2 Å². The van der Waals surface area contributed by atoms with Crippen molar-refractivity contribution in [3.63, 3.8) is 0 Å². The van der Waals surface area contributed by atoms with Gasteiger partial charge in [0.25, 0.3) is 6.43 Å². The summed E-state index contributed by atoms with van der Waals surface area (Å²) in [4.78, 5) is 16.2. The molecule has 0 radical (unpaired) electrons. The Morgan fingerprint density at radius 2 is 1.92 bits per heavy atom. The highest BCUT2D eigenvalue weighted by Gasteiger charge is 2.35. The Labute approximate surface area is 214 Å². The summed E-state index contributed by atoms with van der Waals surface area (Å²) in [5, 5.41) is 9.38. The molecule has 3 aliphatic rings. The van der Waals surface area contributed by atoms with Crippen LogP contribution in [0, 0.1) is 6.92 Å². The van der Waals surface area contributed by atoms with Gasteiger partial charge in [-0.05, 0) is 49.4 Å². The Morgan fingerprint density at radius 1 is 1.14 bits per heavy atom. The maximum atomic E-state index is 14.4. The minimum absolute atomic E-state index is 0.00448. The van der Waals surface area contributed by atoms with Gasteiger partial charge in [-0.3, -0.25) is 14.2 Å². The largest absolute Gasteiger partial charge is 0.381 e. The van der Waals surface area contributed by atoms with E-state index in [1.54, 1.807) is 23.9 Å². The number of amides is 1. The number of fused-ring (bicyclic) bond motifs is 2. The molecule has 0 atom stereocenters. The molecule has 37 heavy (non-hydrogen) atoms. The van der Waals surface area contributed by atoms with Crippen LogP contribution in [0.5, 0.6) is 0 Å². The first-order valence-electron chi connectivity index (χ1n) is 13.0. The maximum absolute atomic E-state index is 14.4. The van der Waals surface area contributed by atoms with Crippen LogP contribution >= 0.6 is 0 Å². The lowest BCUT2D eigenvalue weighted by Crippen LogP contribution is -2.35. The van der Waals surface area contributed by atoms with Gasteiger partial charge in [0.15, 0.2) is 5.82 Å². The van der Waals surface area contributed by atoms with Gasteiger partial charge in [0.05, 0.1) is 18.8 Å². The number of aromatic nitrogens is 4. The first-order valence-corrected chi connectivity index (χ1v) is 13.0. The van der Waals surface area contributed by atoms with Crippen molar-refractivity contribution in [2.24, 2.45) is 7.05 Å². The fourth-order valence-corrected chi connectivity index (χ4v) is 6.00. The lowest BCUT2D eigenvalue weighted by Gasteiger charge is -2.29. The molecule has 1 aromatic carbocycles. The second kappa shape index (κ2) is 9.24. The molecule has 6 rings (SSSR count). The van der Waals surface area contributed by atoms with Gasteiger partial charge in [-0.15, -0.1) is 0 Å². The van der Waals surface area contributed by atoms with E-state index < -0.39 is 6.43 Å². The molecule has 3 aromatic rings. The van der Waals surface area contributed by atoms with Gasteiger partial charge in [-0.2, -0.15) is 10.2 Å². The molecule has 0 saturated carbocycles. The normalized spacial score (nSPS) is 18.0. The quantitative estimate of drug-likeness (QED) is 0.518. The Morgan fingerprint density at radius 3 is 2.59 bits per heavy atom. The lowest BCUT2D eigenvalue weighted by atomic mass is 9.96. The van der Waals surface area contributed by atoms with Crippen LogP contribution in [0.3, 0.4) is 0 Å². The van der Waals surface area contributed by atoms with Crippen LogP contribution in [-0.2, 0) is 36.0 Å². The maximum Gasteiger partial charge on any atom is 0.264 e. The summed E-state index contributed by atoms with van der Waals surface area (Å²) in [6.45, 7) is 6.71. The van der Waals surface area contributed by atoms with E-state index in [9.17, 15) is 13.6 Å². The zero-order valence-corrected chi connectivity index (χ0v) is 21.5. The SMILES string of the molecule is CC(=O)N1CCc2c(c(N3CCc4cc(-c5cnn(C)c5C)c(C(F)F)cc43)nn2C2CCOCC2)C1. The van der Waals surface area contributed by atoms with Gasteiger partial charge in [0, 0.05) is 80.5 Å². The molecule has 1 saturated heterocycles. The highest BCUT2D eigenvalue weighted by atomic mass is 19.3. The van der Waals surface area contributed by atoms with Crippen molar-refractivity contribution in [1.82, 2.24) is 24.5 Å². The summed E-state index contributed by atoms with van der Waals surface area (Å²) < 4.78 is 38.2. The van der Waals surface area contributed by atoms with E-state index in [4.69, 9.17) is 9.84 Å². The summed E-state index contributed by atoms with van der Waals surface area (Å²) in [5.74, 6) is 0.824. The third-order valence-electron chi connectivity index (χ3n) is 8.21. The number of carbonyl (C=O) groups is 1. The van der Waals surface area contributed by atoms with Gasteiger partial charge in [-0.1, -0.05) is 0 Å². The summed E-state index contributed by atoms with van der Waals surface area (Å²) >= 11 is 0. The summed E-state index contributed by atoms with van der Waals surface area (Å²) in [6, 6.07) is 3.79. The van der Waals surface area contributed by atoms with Crippen molar-refractivity contribution in [2.45, 2.75) is 58.5 Å². The number of benzene rings is 1. The predicted molar refractivity (Wildman–Crippen MR) is 135 cm³/mol. The molecule has 0 N–H and O–H groups in total. The van der Waals surface area contributed by atoms with Crippen molar-refractivity contribution >= 4 is 17.4 Å². The minimum atomic E-state index is -2.62. The average Bonchev–Trinajstić information content (AvgIpc) is 3.58. The molecular formula is C27H32F2N6O2. The molecule has 196 valence electrons. The number of hydrogen-bond acceptors (Lipinski definition) is 5. The third-order valence-corrected chi connectivity index (χ3v) is 8.21. The fraction of sp³-hybridized carbons (Fsp3) is 0.519. The topological polar surface area (TPSA) is 68.4 Å². The van der Waals surface area contributed by atoms with Gasteiger partial charge >= 0.3 is 0 Å². The highest BCUT2D eigenvalue weighted by molar-refractivity contribution is 5.79. The number of nitrogens with zero attached hydrogens (tertiary/aromatic N) is 6. The molecule has 2 aromatic heterocycles. The van der Waals surface area contributed by atoms with Gasteiger partial charge in [0.2, 0.25) is 5.91 Å². The van der Waals surface area contributed by atoms with E-state index in [2.05, 4.69) is 14.7 Å². The molecular weight excluding hydrogens is 478 g/mol. The summed E-state index contributed by atoms with van der Waals surface area (Å²) in [5.41, 5.74) is 6.12. The number of halogens is 2. The number of hydrogen-bond donors (Lipinski definition) is 0. The van der Waals surface area contributed by atoms with E-state index in [-0.39, 0.29) is 17.5 Å². The smallest absolute Gasteiger partial charge is 0.264 e. The van der Waals surface area contributed by atoms with E-state index in [0.29, 0.717) is 38.4 Å². The molecule has 1 fully saturated rings. The zero-order chi connectivity index (χ0) is 25.8. The van der Waals surface area contributed by atoms with E-state index in [1.807, 2.05) is 24.9 Å². The molecule has 10 heteroatoms. The van der Waals surface area contributed by atoms with Crippen LogP contribution in [0.25, 0.3) is 11.1 Å². The Balaban J connectivity index is 1.45. The molecule has 0 bridgehead atoms. The van der Waals surface area contributed by atoms with Crippen molar-refractivity contribution in [3.05, 3.63) is 46.4 Å². The van der Waals surface area contributed by atoms with E-state index in [1.165, 1.54) is 0 Å². The number of alkyl halides is 2. The van der Waals surface area contributed by atoms with Crippen LogP contribution in [0.4, 0.5) is 20.3 Å².